The number of benzene rings is 1. The van der Waals surface area contributed by atoms with Crippen LogP contribution in [0.1, 0.15) is 38.7 Å². The summed E-state index contributed by atoms with van der Waals surface area (Å²) in [5.74, 6) is -2.56. The minimum atomic E-state index is -0.959. The number of carbonyl (C=O) groups excluding carboxylic acids is 3. The van der Waals surface area contributed by atoms with Crippen LogP contribution in [0.3, 0.4) is 0 Å². The number of carbonyl (C=O) groups is 3. The summed E-state index contributed by atoms with van der Waals surface area (Å²) in [6, 6.07) is 3.46. The topological polar surface area (TPSA) is 100 Å². The molecule has 0 amide bonds. The molecule has 1 N–H and O–H groups in total. The van der Waals surface area contributed by atoms with Crippen LogP contribution in [0.15, 0.2) is 39.1 Å². The van der Waals surface area contributed by atoms with Crippen molar-refractivity contribution < 1.29 is 33.3 Å². The fraction of sp³-hybridized carbons (Fsp3) is 0.458. The zero-order valence-corrected chi connectivity index (χ0v) is 21.1. The molecule has 8 nitrogen and oxygen atoms in total. The molecule has 0 fully saturated rings. The van der Waals surface area contributed by atoms with Gasteiger partial charge in [-0.3, -0.25) is 9.59 Å². The summed E-state index contributed by atoms with van der Waals surface area (Å²) in [5.41, 5.74) is 2.55. The van der Waals surface area contributed by atoms with Crippen molar-refractivity contribution in [1.29, 1.82) is 0 Å². The van der Waals surface area contributed by atoms with Crippen molar-refractivity contribution in [2.45, 2.75) is 33.1 Å². The summed E-state index contributed by atoms with van der Waals surface area (Å²) in [5, 5.41) is 3.23. The largest absolute Gasteiger partial charge is 0.493 e. The average Bonchev–Trinajstić information content (AvgIpc) is 2.77. The number of ether oxygens (including phenoxy) is 4. The van der Waals surface area contributed by atoms with Crippen LogP contribution >= 0.6 is 15.9 Å². The van der Waals surface area contributed by atoms with Gasteiger partial charge >= 0.3 is 11.9 Å². The maximum Gasteiger partial charge on any atom is 0.336 e. The Morgan fingerprint density at radius 3 is 2.36 bits per heavy atom. The number of allylic oxidation sites excluding steroid dienone is 3. The van der Waals surface area contributed by atoms with Gasteiger partial charge in [0.1, 0.15) is 5.92 Å². The molecule has 0 aromatic heterocycles. The molecule has 1 aliphatic heterocycles. The molecule has 3 rings (SSSR count). The third-order valence-corrected chi connectivity index (χ3v) is 6.74. The quantitative estimate of drug-likeness (QED) is 0.447. The lowest BCUT2D eigenvalue weighted by Gasteiger charge is -2.38. The van der Waals surface area contributed by atoms with Gasteiger partial charge in [-0.1, -0.05) is 22.9 Å². The van der Waals surface area contributed by atoms with Crippen molar-refractivity contribution in [2.24, 2.45) is 11.8 Å². The van der Waals surface area contributed by atoms with Gasteiger partial charge in [-0.2, -0.15) is 0 Å². The Morgan fingerprint density at radius 2 is 1.79 bits per heavy atom. The van der Waals surface area contributed by atoms with E-state index in [4.69, 9.17) is 18.9 Å². The van der Waals surface area contributed by atoms with Crippen molar-refractivity contribution in [1.82, 2.24) is 5.32 Å². The Morgan fingerprint density at radius 1 is 1.15 bits per heavy atom. The molecule has 9 heteroatoms. The molecule has 1 heterocycles. The van der Waals surface area contributed by atoms with Gasteiger partial charge in [0.15, 0.2) is 17.3 Å². The molecular weight excluding hydrogens is 494 g/mol. The second-order valence-electron chi connectivity index (χ2n) is 7.98. The third kappa shape index (κ3) is 4.38. The van der Waals surface area contributed by atoms with E-state index >= 15 is 0 Å². The van der Waals surface area contributed by atoms with Crippen molar-refractivity contribution in [3.8, 4) is 11.5 Å². The van der Waals surface area contributed by atoms with E-state index in [9.17, 15) is 14.4 Å². The van der Waals surface area contributed by atoms with Gasteiger partial charge < -0.3 is 24.3 Å². The van der Waals surface area contributed by atoms with Crippen molar-refractivity contribution in [2.75, 3.05) is 27.9 Å². The summed E-state index contributed by atoms with van der Waals surface area (Å²) >= 11 is 3.57. The molecular formula is C24H28BrNO7. The van der Waals surface area contributed by atoms with Crippen LogP contribution in [-0.2, 0) is 23.9 Å². The molecule has 0 saturated heterocycles. The molecule has 0 bridgehead atoms. The van der Waals surface area contributed by atoms with E-state index in [1.165, 1.54) is 21.3 Å². The Kier molecular flexibility index (Phi) is 7.51. The van der Waals surface area contributed by atoms with E-state index in [1.54, 1.807) is 26.0 Å². The monoisotopic (exact) mass is 521 g/mol. The minimum Gasteiger partial charge on any atom is -0.493 e. The number of hydrogen-bond acceptors (Lipinski definition) is 8. The number of hydrogen-bond donors (Lipinski definition) is 1. The van der Waals surface area contributed by atoms with Gasteiger partial charge in [0.05, 0.1) is 33.5 Å². The van der Waals surface area contributed by atoms with Crippen LogP contribution in [0.2, 0.25) is 0 Å². The average molecular weight is 522 g/mol. The SMILES string of the molecule is CCOC(=O)C1=C(C)NC2=C(C(=O)[C@H](C(=O)OC)[C@H](C)C2)[C@@H]1c1cc(OC)c(OC)cc1Br. The number of nitrogens with one attached hydrogen (secondary N) is 1. The fourth-order valence-corrected chi connectivity index (χ4v) is 5.11. The molecule has 1 aromatic carbocycles. The molecule has 0 spiro atoms. The molecule has 0 radical (unpaired) electrons. The van der Waals surface area contributed by atoms with E-state index in [1.807, 2.05) is 6.92 Å². The lowest BCUT2D eigenvalue weighted by Crippen LogP contribution is -2.43. The first-order valence-electron chi connectivity index (χ1n) is 10.6. The maximum atomic E-state index is 13.7. The lowest BCUT2D eigenvalue weighted by atomic mass is 9.69. The Bertz CT molecular complexity index is 1060. The lowest BCUT2D eigenvalue weighted by molar-refractivity contribution is -0.151. The highest BCUT2D eigenvalue weighted by atomic mass is 79.9. The second kappa shape index (κ2) is 9.99. The number of rotatable bonds is 6. The van der Waals surface area contributed by atoms with Crippen LogP contribution in [0.5, 0.6) is 11.5 Å². The third-order valence-electron chi connectivity index (χ3n) is 6.05. The van der Waals surface area contributed by atoms with Crippen molar-refractivity contribution in [3.63, 3.8) is 0 Å². The number of Topliss-reactive ketones (excluding diaryl/α,β-unsaturated/α-hetero) is 1. The predicted octanol–water partition coefficient (Wildman–Crippen LogP) is 3.64. The standard InChI is InChI=1S/C24H28BrNO7/c1-7-33-24(29)19-12(3)26-15-8-11(2)18(23(28)32-6)22(27)21(15)20(19)13-9-16(30-4)17(31-5)10-14(13)25/h9-11,18,20,26H,7-8H2,1-6H3/t11-,18-,20-/m1/s1. The highest BCUT2D eigenvalue weighted by Gasteiger charge is 2.47. The molecule has 1 aromatic rings. The molecule has 1 aliphatic carbocycles. The summed E-state index contributed by atoms with van der Waals surface area (Å²) in [6.07, 6.45) is 0.454. The zero-order valence-electron chi connectivity index (χ0n) is 19.5. The van der Waals surface area contributed by atoms with E-state index in [0.29, 0.717) is 50.5 Å². The first-order valence-corrected chi connectivity index (χ1v) is 11.4. The number of methoxy groups -OCH3 is 3. The number of dihydropyridines is 1. The van der Waals surface area contributed by atoms with Crippen LogP contribution in [0.4, 0.5) is 0 Å². The van der Waals surface area contributed by atoms with Crippen LogP contribution < -0.4 is 14.8 Å². The first-order chi connectivity index (χ1) is 15.7. The van der Waals surface area contributed by atoms with Gasteiger partial charge in [-0.25, -0.2) is 4.79 Å². The van der Waals surface area contributed by atoms with Crippen LogP contribution in [0.25, 0.3) is 0 Å². The van der Waals surface area contributed by atoms with Crippen LogP contribution in [-0.4, -0.2) is 45.7 Å². The summed E-state index contributed by atoms with van der Waals surface area (Å²) < 4.78 is 21.8. The fourth-order valence-electron chi connectivity index (χ4n) is 4.56. The number of ketones is 1. The summed E-state index contributed by atoms with van der Waals surface area (Å²) in [7, 11) is 4.30. The highest BCUT2D eigenvalue weighted by Crippen LogP contribution is 2.49. The van der Waals surface area contributed by atoms with Gasteiger partial charge in [-0.05, 0) is 43.9 Å². The van der Waals surface area contributed by atoms with Gasteiger partial charge in [0.25, 0.3) is 0 Å². The Hall–Kier alpha value is -2.81. The number of halogens is 1. The normalized spacial score (nSPS) is 22.4. The molecule has 2 aliphatic rings. The minimum absolute atomic E-state index is 0.178. The van der Waals surface area contributed by atoms with Crippen molar-refractivity contribution >= 4 is 33.7 Å². The summed E-state index contributed by atoms with van der Waals surface area (Å²) in [6.45, 7) is 5.51. The van der Waals surface area contributed by atoms with Gasteiger partial charge in [-0.15, -0.1) is 0 Å². The molecule has 33 heavy (non-hydrogen) atoms. The maximum absolute atomic E-state index is 13.7. The van der Waals surface area contributed by atoms with Gasteiger partial charge in [0, 0.05) is 27.4 Å². The van der Waals surface area contributed by atoms with Crippen LogP contribution in [0, 0.1) is 11.8 Å². The van der Waals surface area contributed by atoms with Crippen molar-refractivity contribution in [3.05, 3.63) is 44.7 Å². The zero-order chi connectivity index (χ0) is 24.4. The Balaban J connectivity index is 2.28. The molecule has 0 unspecified atom stereocenters. The van der Waals surface area contributed by atoms with E-state index in [-0.39, 0.29) is 18.3 Å². The van der Waals surface area contributed by atoms with E-state index < -0.39 is 23.8 Å². The smallest absolute Gasteiger partial charge is 0.336 e. The molecule has 0 saturated carbocycles. The van der Waals surface area contributed by atoms with E-state index in [2.05, 4.69) is 21.2 Å². The molecule has 178 valence electrons. The first kappa shape index (κ1) is 24.8. The van der Waals surface area contributed by atoms with E-state index in [0.717, 1.165) is 0 Å². The predicted molar refractivity (Wildman–Crippen MR) is 124 cm³/mol. The summed E-state index contributed by atoms with van der Waals surface area (Å²) in [4.78, 5) is 39.3. The highest BCUT2D eigenvalue weighted by molar-refractivity contribution is 9.10. The number of esters is 2. The Labute approximate surface area is 201 Å². The second-order valence-corrected chi connectivity index (χ2v) is 8.84. The molecule has 3 atom stereocenters. The van der Waals surface area contributed by atoms with Gasteiger partial charge in [0.2, 0.25) is 0 Å².